The zero-order chi connectivity index (χ0) is 35.9. The maximum absolute atomic E-state index is 8.93. The molecular weight excluding hydrogens is 705 g/mol. The number of pyridine rings is 3. The average molecular weight is 741 g/mol. The van der Waals surface area contributed by atoms with Crippen LogP contribution < -0.4 is 16.0 Å². The van der Waals surface area contributed by atoms with Gasteiger partial charge in [-0.15, -0.1) is 11.3 Å². The van der Waals surface area contributed by atoms with Crippen LogP contribution in [0.1, 0.15) is 56.1 Å². The summed E-state index contributed by atoms with van der Waals surface area (Å²) in [6.45, 7) is 0. The first-order chi connectivity index (χ1) is 25.4. The van der Waals surface area contributed by atoms with E-state index in [4.69, 9.17) is 26.2 Å². The smallest absolute Gasteiger partial charge is 0.119 e. The Morgan fingerprint density at radius 2 is 1.62 bits per heavy atom. The Morgan fingerprint density at radius 1 is 0.827 bits per heavy atom. The van der Waals surface area contributed by atoms with Crippen LogP contribution in [0.25, 0.3) is 11.4 Å². The Bertz CT molecular complexity index is 2160. The third-order valence-corrected chi connectivity index (χ3v) is 11.9. The van der Waals surface area contributed by atoms with Gasteiger partial charge in [-0.05, 0) is 92.0 Å². The maximum Gasteiger partial charge on any atom is 0.119 e. The molecule has 4 unspecified atom stereocenters. The molecule has 3 aliphatic heterocycles. The van der Waals surface area contributed by atoms with Crippen LogP contribution in [-0.4, -0.2) is 55.4 Å². The quantitative estimate of drug-likeness (QED) is 0.0554. The molecule has 4 atom stereocenters. The van der Waals surface area contributed by atoms with Crippen LogP contribution >= 0.6 is 34.9 Å². The molecule has 0 saturated heterocycles. The first-order valence-electron chi connectivity index (χ1n) is 16.7. The molecule has 52 heavy (non-hydrogen) atoms. The molecule has 4 aromatic heterocycles. The van der Waals surface area contributed by atoms with Gasteiger partial charge in [0, 0.05) is 17.3 Å². The van der Waals surface area contributed by atoms with E-state index in [1.807, 2.05) is 110 Å². The van der Waals surface area contributed by atoms with Gasteiger partial charge in [0.2, 0.25) is 0 Å². The van der Waals surface area contributed by atoms with Gasteiger partial charge in [0.25, 0.3) is 0 Å². The summed E-state index contributed by atoms with van der Waals surface area (Å²) < 4.78 is 0. The Labute approximate surface area is 315 Å². The zero-order valence-electron chi connectivity index (χ0n) is 28.2. The number of nitrogens with zero attached hydrogens (tertiary/aromatic N) is 4. The normalized spacial score (nSPS) is 19.6. The minimum Gasteiger partial charge on any atom is -0.375 e. The number of thioether (sulfide) groups is 2. The first-order valence-corrected chi connectivity index (χ1v) is 19.2. The molecule has 4 aromatic rings. The van der Waals surface area contributed by atoms with Crippen molar-refractivity contribution < 1.29 is 0 Å². The van der Waals surface area contributed by atoms with Crippen LogP contribution in [0.5, 0.6) is 0 Å². The van der Waals surface area contributed by atoms with E-state index in [2.05, 4.69) is 38.1 Å². The molecule has 0 spiro atoms. The second kappa shape index (κ2) is 16.4. The molecule has 0 fully saturated rings. The monoisotopic (exact) mass is 740 g/mol. The molecule has 0 saturated carbocycles. The predicted octanol–water partition coefficient (Wildman–Crippen LogP) is 7.50. The third kappa shape index (κ3) is 8.29. The standard InChI is InChI=1S/C39H36N10S3/c1-43-39(52-37(41)33-19-9-17-31(49-33)29-15-7-13-27(47-29)25-11-3-5-23-45-25)35-21-20-34(50-35)38(42)51-36(40)32-18-8-16-30(48-32)28-14-6-12-26(46-28)24-10-2-4-22-44-24/h2-9,11-24,26,29,39-43,46-47H,10H2,1H3. The molecular formula is C39H36N10S3. The van der Waals surface area contributed by atoms with Gasteiger partial charge in [-0.1, -0.05) is 60.3 Å². The molecule has 10 nitrogen and oxygen atoms in total. The van der Waals surface area contributed by atoms with Crippen molar-refractivity contribution in [3.63, 3.8) is 0 Å². The number of hydrogen-bond acceptors (Lipinski definition) is 13. The van der Waals surface area contributed by atoms with E-state index in [0.717, 1.165) is 56.4 Å². The lowest BCUT2D eigenvalue weighted by atomic mass is 10.00. The lowest BCUT2D eigenvalue weighted by Gasteiger charge is -2.27. The van der Waals surface area contributed by atoms with Crippen molar-refractivity contribution in [1.82, 2.24) is 30.9 Å². The minimum absolute atomic E-state index is 0.0621. The molecule has 3 aliphatic rings. The van der Waals surface area contributed by atoms with Crippen molar-refractivity contribution in [1.29, 1.82) is 16.2 Å². The highest BCUT2D eigenvalue weighted by Crippen LogP contribution is 2.35. The maximum atomic E-state index is 8.93. The lowest BCUT2D eigenvalue weighted by Crippen LogP contribution is -2.38. The Hall–Kier alpha value is -5.21. The van der Waals surface area contributed by atoms with Crippen molar-refractivity contribution in [2.24, 2.45) is 4.99 Å². The molecule has 13 heteroatoms. The highest BCUT2D eigenvalue weighted by molar-refractivity contribution is 8.27. The Kier molecular flexibility index (Phi) is 11.1. The fourth-order valence-corrected chi connectivity index (χ4v) is 8.53. The average Bonchev–Trinajstić information content (AvgIpc) is 3.71. The molecule has 6 N–H and O–H groups in total. The van der Waals surface area contributed by atoms with E-state index in [1.165, 1.54) is 23.1 Å². The summed E-state index contributed by atoms with van der Waals surface area (Å²) in [7, 11) is 1.86. The summed E-state index contributed by atoms with van der Waals surface area (Å²) in [6, 6.07) is 21.1. The van der Waals surface area contributed by atoms with Crippen molar-refractivity contribution in [3.8, 4) is 0 Å². The fraction of sp³-hybridized carbons (Fsp3) is 0.154. The molecule has 0 bridgehead atoms. The second-order valence-electron chi connectivity index (χ2n) is 11.9. The van der Waals surface area contributed by atoms with Crippen molar-refractivity contribution in [2.75, 3.05) is 7.05 Å². The van der Waals surface area contributed by atoms with Crippen LogP contribution in [0.4, 0.5) is 0 Å². The number of aliphatic imine (C=N–C) groups is 1. The van der Waals surface area contributed by atoms with Gasteiger partial charge in [-0.25, -0.2) is 9.97 Å². The van der Waals surface area contributed by atoms with Gasteiger partial charge in [0.1, 0.15) is 15.1 Å². The van der Waals surface area contributed by atoms with Crippen LogP contribution in [0, 0.1) is 16.2 Å². The molecule has 0 radical (unpaired) electrons. The zero-order valence-corrected chi connectivity index (χ0v) is 30.6. The summed E-state index contributed by atoms with van der Waals surface area (Å²) in [6.07, 6.45) is 20.8. The predicted molar refractivity (Wildman–Crippen MR) is 218 cm³/mol. The van der Waals surface area contributed by atoms with E-state index < -0.39 is 0 Å². The van der Waals surface area contributed by atoms with E-state index in [-0.39, 0.29) is 33.6 Å². The largest absolute Gasteiger partial charge is 0.375 e. The molecule has 260 valence electrons. The first kappa shape index (κ1) is 35.2. The number of allylic oxidation sites excluding steroid dienone is 5. The second-order valence-corrected chi connectivity index (χ2v) is 15.2. The van der Waals surface area contributed by atoms with Crippen molar-refractivity contribution >= 4 is 67.6 Å². The van der Waals surface area contributed by atoms with Gasteiger partial charge in [0.05, 0.1) is 68.2 Å². The van der Waals surface area contributed by atoms with E-state index >= 15 is 0 Å². The number of thiophene rings is 1. The van der Waals surface area contributed by atoms with Gasteiger partial charge in [-0.2, -0.15) is 0 Å². The third-order valence-electron chi connectivity index (χ3n) is 8.40. The summed E-state index contributed by atoms with van der Waals surface area (Å²) in [5.74, 6) is 0. The molecule has 7 heterocycles. The lowest BCUT2D eigenvalue weighted by molar-refractivity contribution is 0.555. The molecule has 0 amide bonds. The van der Waals surface area contributed by atoms with Gasteiger partial charge < -0.3 is 16.0 Å². The van der Waals surface area contributed by atoms with Crippen LogP contribution in [0.2, 0.25) is 0 Å². The fourth-order valence-electron chi connectivity index (χ4n) is 5.77. The highest BCUT2D eigenvalue weighted by atomic mass is 32.2. The van der Waals surface area contributed by atoms with Crippen molar-refractivity contribution in [2.45, 2.75) is 29.9 Å². The highest BCUT2D eigenvalue weighted by Gasteiger charge is 2.23. The molecule has 0 aliphatic carbocycles. The number of aromatic nitrogens is 3. The number of nitrogens with one attached hydrogen (secondary N) is 6. The van der Waals surface area contributed by atoms with E-state index in [9.17, 15) is 0 Å². The SMILES string of the molecule is CNC(SC(=N)c1cccc(C2C=CC=C(c3ccccn3)N2)n1)c1ccc(C(=N)SC(=N)c2cccc(C3=CC=CC(C4CC=CC=N4)N3)n2)s1. The van der Waals surface area contributed by atoms with Gasteiger partial charge >= 0.3 is 0 Å². The van der Waals surface area contributed by atoms with E-state index in [1.54, 1.807) is 12.3 Å². The van der Waals surface area contributed by atoms with Crippen LogP contribution in [0.3, 0.4) is 0 Å². The molecule has 7 rings (SSSR count). The Balaban J connectivity index is 0.965. The van der Waals surface area contributed by atoms with Crippen LogP contribution in [-0.2, 0) is 0 Å². The summed E-state index contributed by atoms with van der Waals surface area (Å²) in [5, 5.41) is 37.5. The van der Waals surface area contributed by atoms with Gasteiger partial charge in [-0.3, -0.25) is 26.2 Å². The molecule has 0 aromatic carbocycles. The van der Waals surface area contributed by atoms with E-state index in [0.29, 0.717) is 16.4 Å². The summed E-state index contributed by atoms with van der Waals surface area (Å²) in [5.41, 5.74) is 5.30. The van der Waals surface area contributed by atoms with Crippen LogP contribution in [0.15, 0.2) is 127 Å². The summed E-state index contributed by atoms with van der Waals surface area (Å²) >= 11 is 3.92. The Morgan fingerprint density at radius 3 is 2.40 bits per heavy atom. The number of hydrogen-bond donors (Lipinski definition) is 6. The number of dihydropyridines is 3. The van der Waals surface area contributed by atoms with Gasteiger partial charge in [0.15, 0.2) is 0 Å². The topological polar surface area (TPSA) is 159 Å². The number of rotatable bonds is 10. The van der Waals surface area contributed by atoms with Crippen molar-refractivity contribution in [3.05, 3.63) is 160 Å². The summed E-state index contributed by atoms with van der Waals surface area (Å²) in [4.78, 5) is 20.4. The minimum atomic E-state index is -0.219.